The molecule has 9 nitrogen and oxygen atoms in total. The Morgan fingerprint density at radius 3 is 2.71 bits per heavy atom. The quantitative estimate of drug-likeness (QED) is 0.653. The second-order valence-electron chi connectivity index (χ2n) is 7.11. The molecule has 1 aliphatic rings. The summed E-state index contributed by atoms with van der Waals surface area (Å²) < 4.78 is 20.7. The van der Waals surface area contributed by atoms with E-state index in [1.807, 2.05) is 31.2 Å². The third-order valence-corrected chi connectivity index (χ3v) is 5.04. The maximum atomic E-state index is 13.5. The van der Waals surface area contributed by atoms with Gasteiger partial charge < -0.3 is 15.0 Å². The number of piperazine rings is 1. The van der Waals surface area contributed by atoms with Crippen LogP contribution in [0.3, 0.4) is 0 Å². The number of rotatable bonds is 6. The molecule has 0 radical (unpaired) electrons. The number of carbonyl (C=O) groups is 1. The van der Waals surface area contributed by atoms with E-state index in [9.17, 15) is 9.18 Å². The van der Waals surface area contributed by atoms with Gasteiger partial charge in [0.2, 0.25) is 0 Å². The van der Waals surface area contributed by atoms with Gasteiger partial charge in [-0.1, -0.05) is 18.2 Å². The van der Waals surface area contributed by atoms with Gasteiger partial charge in [-0.2, -0.15) is 4.68 Å². The van der Waals surface area contributed by atoms with Crippen molar-refractivity contribution in [3.63, 3.8) is 0 Å². The molecule has 1 aromatic heterocycles. The number of hydrogen-bond donors (Lipinski definition) is 1. The van der Waals surface area contributed by atoms with E-state index in [0.717, 1.165) is 0 Å². The van der Waals surface area contributed by atoms with Crippen molar-refractivity contribution in [1.29, 1.82) is 0 Å². The fraction of sp³-hybridized carbons (Fsp3) is 0.333. The van der Waals surface area contributed by atoms with Gasteiger partial charge in [0.05, 0.1) is 24.5 Å². The van der Waals surface area contributed by atoms with Crippen molar-refractivity contribution >= 4 is 11.7 Å². The molecule has 10 heteroatoms. The SMILES string of the molecule is CCOc1ccccc1NC(=O)N1CCN(Cc2nnnn2-c2cccc(F)c2)CC1. The van der Waals surface area contributed by atoms with Crippen LogP contribution in [-0.4, -0.2) is 68.8 Å². The van der Waals surface area contributed by atoms with E-state index in [0.29, 0.717) is 62.3 Å². The summed E-state index contributed by atoms with van der Waals surface area (Å²) in [6.07, 6.45) is 0. The molecule has 3 aromatic rings. The number of aromatic nitrogens is 4. The number of hydrogen-bond acceptors (Lipinski definition) is 6. The van der Waals surface area contributed by atoms with Crippen LogP contribution in [0.25, 0.3) is 5.69 Å². The number of nitrogens with one attached hydrogen (secondary N) is 1. The second-order valence-corrected chi connectivity index (χ2v) is 7.11. The van der Waals surface area contributed by atoms with E-state index in [1.165, 1.54) is 16.8 Å². The summed E-state index contributed by atoms with van der Waals surface area (Å²) in [4.78, 5) is 16.6. The van der Waals surface area contributed by atoms with Crippen LogP contribution in [0.2, 0.25) is 0 Å². The zero-order chi connectivity index (χ0) is 21.6. The van der Waals surface area contributed by atoms with Gasteiger partial charge >= 0.3 is 6.03 Å². The standard InChI is InChI=1S/C21H24FN7O2/c1-2-31-19-9-4-3-8-18(19)23-21(30)28-12-10-27(11-13-28)15-20-24-25-26-29(20)17-7-5-6-16(22)14-17/h3-9,14H,2,10-13,15H2,1H3,(H,23,30). The number of halogens is 1. The van der Waals surface area contributed by atoms with Crippen LogP contribution in [0, 0.1) is 5.82 Å². The second kappa shape index (κ2) is 9.52. The van der Waals surface area contributed by atoms with Crippen molar-refractivity contribution in [2.75, 3.05) is 38.1 Å². The molecule has 0 spiro atoms. The van der Waals surface area contributed by atoms with E-state index in [4.69, 9.17) is 4.74 Å². The molecule has 162 valence electrons. The molecule has 1 aliphatic heterocycles. The lowest BCUT2D eigenvalue weighted by atomic mass is 10.3. The van der Waals surface area contributed by atoms with Crippen molar-refractivity contribution in [2.24, 2.45) is 0 Å². The van der Waals surface area contributed by atoms with Gasteiger partial charge in [0.1, 0.15) is 11.6 Å². The first-order valence-corrected chi connectivity index (χ1v) is 10.2. The lowest BCUT2D eigenvalue weighted by molar-refractivity contribution is 0.140. The van der Waals surface area contributed by atoms with Crippen molar-refractivity contribution in [2.45, 2.75) is 13.5 Å². The molecule has 0 bridgehead atoms. The van der Waals surface area contributed by atoms with E-state index in [1.54, 1.807) is 17.0 Å². The Balaban J connectivity index is 1.34. The Hall–Kier alpha value is -3.53. The molecule has 1 fully saturated rings. The van der Waals surface area contributed by atoms with Crippen LogP contribution in [0.4, 0.5) is 14.9 Å². The summed E-state index contributed by atoms with van der Waals surface area (Å²) in [6.45, 7) is 5.44. The van der Waals surface area contributed by atoms with Gasteiger partial charge in [-0.3, -0.25) is 4.90 Å². The number of benzene rings is 2. The average Bonchev–Trinajstić information content (AvgIpc) is 3.24. The van der Waals surface area contributed by atoms with Crippen LogP contribution in [0.1, 0.15) is 12.7 Å². The monoisotopic (exact) mass is 425 g/mol. The van der Waals surface area contributed by atoms with Crippen LogP contribution >= 0.6 is 0 Å². The van der Waals surface area contributed by atoms with Crippen LogP contribution in [0.5, 0.6) is 5.75 Å². The molecule has 0 atom stereocenters. The van der Waals surface area contributed by atoms with Gasteiger partial charge in [0, 0.05) is 26.2 Å². The van der Waals surface area contributed by atoms with Gasteiger partial charge in [0.25, 0.3) is 0 Å². The minimum Gasteiger partial charge on any atom is -0.492 e. The van der Waals surface area contributed by atoms with Gasteiger partial charge in [-0.15, -0.1) is 5.10 Å². The first-order chi connectivity index (χ1) is 15.1. The molecule has 1 N–H and O–H groups in total. The maximum absolute atomic E-state index is 13.5. The average molecular weight is 425 g/mol. The third kappa shape index (κ3) is 4.97. The van der Waals surface area contributed by atoms with E-state index in [-0.39, 0.29) is 11.8 Å². The molecule has 2 heterocycles. The fourth-order valence-corrected chi connectivity index (χ4v) is 3.47. The number of ether oxygens (including phenoxy) is 1. The molecule has 2 amide bonds. The largest absolute Gasteiger partial charge is 0.492 e. The predicted octanol–water partition coefficient (Wildman–Crippen LogP) is 2.55. The zero-order valence-electron chi connectivity index (χ0n) is 17.2. The fourth-order valence-electron chi connectivity index (χ4n) is 3.47. The molecule has 2 aromatic carbocycles. The van der Waals surface area contributed by atoms with Crippen molar-refractivity contribution in [1.82, 2.24) is 30.0 Å². The molecule has 0 unspecified atom stereocenters. The van der Waals surface area contributed by atoms with E-state index >= 15 is 0 Å². The summed E-state index contributed by atoms with van der Waals surface area (Å²) in [5.41, 5.74) is 1.23. The number of carbonyl (C=O) groups excluding carboxylic acids is 1. The summed E-state index contributed by atoms with van der Waals surface area (Å²) in [7, 11) is 0. The minimum absolute atomic E-state index is 0.156. The first kappa shape index (κ1) is 20.7. The molecule has 0 saturated carbocycles. The smallest absolute Gasteiger partial charge is 0.322 e. The number of nitrogens with zero attached hydrogens (tertiary/aromatic N) is 6. The Labute approximate surface area is 179 Å². The maximum Gasteiger partial charge on any atom is 0.322 e. The molecular formula is C21H24FN7O2. The van der Waals surface area contributed by atoms with E-state index < -0.39 is 0 Å². The Kier molecular flexibility index (Phi) is 6.37. The highest BCUT2D eigenvalue weighted by atomic mass is 19.1. The number of anilines is 1. The third-order valence-electron chi connectivity index (χ3n) is 5.04. The van der Waals surface area contributed by atoms with Gasteiger partial charge in [-0.25, -0.2) is 9.18 Å². The van der Waals surface area contributed by atoms with Crippen LogP contribution in [-0.2, 0) is 6.54 Å². The lowest BCUT2D eigenvalue weighted by Gasteiger charge is -2.34. The highest BCUT2D eigenvalue weighted by Crippen LogP contribution is 2.24. The van der Waals surface area contributed by atoms with E-state index in [2.05, 4.69) is 25.7 Å². The predicted molar refractivity (Wildman–Crippen MR) is 113 cm³/mol. The lowest BCUT2D eigenvalue weighted by Crippen LogP contribution is -2.49. The summed E-state index contributed by atoms with van der Waals surface area (Å²) >= 11 is 0. The summed E-state index contributed by atoms with van der Waals surface area (Å²) in [6, 6.07) is 13.4. The molecule has 1 saturated heterocycles. The normalized spacial score (nSPS) is 14.5. The van der Waals surface area contributed by atoms with Crippen molar-refractivity contribution in [3.05, 3.63) is 60.2 Å². The van der Waals surface area contributed by atoms with Gasteiger partial charge in [0.15, 0.2) is 5.82 Å². The number of tetrazole rings is 1. The zero-order valence-corrected chi connectivity index (χ0v) is 17.2. The molecule has 4 rings (SSSR count). The first-order valence-electron chi connectivity index (χ1n) is 10.2. The Bertz CT molecular complexity index is 1030. The minimum atomic E-state index is -0.343. The number of para-hydroxylation sites is 2. The van der Waals surface area contributed by atoms with Gasteiger partial charge in [-0.05, 0) is 47.7 Å². The Morgan fingerprint density at radius 1 is 1.13 bits per heavy atom. The Morgan fingerprint density at radius 2 is 1.94 bits per heavy atom. The molecule has 31 heavy (non-hydrogen) atoms. The highest BCUT2D eigenvalue weighted by Gasteiger charge is 2.23. The summed E-state index contributed by atoms with van der Waals surface area (Å²) in [5, 5.41) is 14.7. The number of amides is 2. The number of urea groups is 1. The van der Waals surface area contributed by atoms with Crippen molar-refractivity contribution in [3.8, 4) is 11.4 Å². The highest BCUT2D eigenvalue weighted by molar-refractivity contribution is 5.91. The topological polar surface area (TPSA) is 88.4 Å². The van der Waals surface area contributed by atoms with Crippen LogP contribution in [0.15, 0.2) is 48.5 Å². The van der Waals surface area contributed by atoms with Crippen LogP contribution < -0.4 is 10.1 Å². The molecular weight excluding hydrogens is 401 g/mol. The molecule has 0 aliphatic carbocycles. The van der Waals surface area contributed by atoms with Crippen molar-refractivity contribution < 1.29 is 13.9 Å². The summed E-state index contributed by atoms with van der Waals surface area (Å²) in [5.74, 6) is 0.930.